The average molecular weight is 498 g/mol. The Morgan fingerprint density at radius 3 is 2.36 bits per heavy atom. The predicted molar refractivity (Wildman–Crippen MR) is 128 cm³/mol. The zero-order valence-corrected chi connectivity index (χ0v) is 20.0. The van der Waals surface area contributed by atoms with Crippen LogP contribution in [0.15, 0.2) is 59.4 Å². The van der Waals surface area contributed by atoms with E-state index in [0.717, 1.165) is 37.1 Å². The quantitative estimate of drug-likeness (QED) is 0.430. The molecule has 188 valence electrons. The third kappa shape index (κ3) is 4.08. The second-order valence-corrected chi connectivity index (χ2v) is 9.18. The van der Waals surface area contributed by atoms with E-state index in [1.807, 2.05) is 30.3 Å². The molecule has 0 aliphatic heterocycles. The number of hydrogen-bond acceptors (Lipinski definition) is 5. The van der Waals surface area contributed by atoms with Crippen molar-refractivity contribution in [2.24, 2.45) is 7.05 Å². The molecule has 0 unspecified atom stereocenters. The highest BCUT2D eigenvalue weighted by Crippen LogP contribution is 2.40. The Morgan fingerprint density at radius 2 is 1.67 bits per heavy atom. The summed E-state index contributed by atoms with van der Waals surface area (Å²) >= 11 is 0. The van der Waals surface area contributed by atoms with Gasteiger partial charge < -0.3 is 5.32 Å². The van der Waals surface area contributed by atoms with Crippen LogP contribution >= 0.6 is 0 Å². The maximum absolute atomic E-state index is 13.4. The first kappa shape index (κ1) is 23.8. The highest BCUT2D eigenvalue weighted by Gasteiger charge is 2.41. The van der Waals surface area contributed by atoms with Crippen LogP contribution in [0.4, 0.5) is 19.0 Å². The first-order chi connectivity index (χ1) is 17.2. The minimum absolute atomic E-state index is 0.158. The summed E-state index contributed by atoms with van der Waals surface area (Å²) in [6.07, 6.45) is -0.366. The molecule has 0 bridgehead atoms. The lowest BCUT2D eigenvalue weighted by Crippen LogP contribution is -2.41. The van der Waals surface area contributed by atoms with Gasteiger partial charge in [0.05, 0.1) is 22.5 Å². The van der Waals surface area contributed by atoms with Gasteiger partial charge in [-0.3, -0.25) is 9.48 Å². The normalized spacial score (nSPS) is 15.7. The Balaban J connectivity index is 1.61. The molecule has 4 aromatic rings. The van der Waals surface area contributed by atoms with Crippen LogP contribution in [0.5, 0.6) is 0 Å². The first-order valence-electron chi connectivity index (χ1n) is 11.8. The van der Waals surface area contributed by atoms with Gasteiger partial charge in [0.2, 0.25) is 0 Å². The molecule has 0 radical (unpaired) electrons. The number of benzene rings is 2. The molecule has 2 heterocycles. The van der Waals surface area contributed by atoms with E-state index in [4.69, 9.17) is 0 Å². The van der Waals surface area contributed by atoms with Gasteiger partial charge in [-0.1, -0.05) is 43.5 Å². The number of halogens is 3. The molecule has 1 fully saturated rings. The summed E-state index contributed by atoms with van der Waals surface area (Å²) in [4.78, 5) is 13.2. The molecule has 2 aromatic heterocycles. The molecule has 2 aromatic carbocycles. The molecule has 36 heavy (non-hydrogen) atoms. The van der Waals surface area contributed by atoms with Crippen molar-refractivity contribution >= 4 is 5.82 Å². The molecule has 0 spiro atoms. The van der Waals surface area contributed by atoms with E-state index in [1.54, 1.807) is 29.4 Å². The molecule has 1 aliphatic carbocycles. The highest BCUT2D eigenvalue weighted by molar-refractivity contribution is 5.50. The number of nitrogens with zero attached hydrogens (tertiary/aromatic N) is 6. The summed E-state index contributed by atoms with van der Waals surface area (Å²) in [5.74, 6) is 1.03. The molecular weight excluding hydrogens is 471 g/mol. The standard InChI is InChI=1S/C25H26F3N7O/c1-17-21(33(2)35(22(17)36)19-11-5-3-6-12-19)29-24(14-7-4-8-15-24)23-30-31-32-34(23)20-13-9-10-18(16-20)25(26,27)28/h3,5-6,9-13,16,29H,4,7-8,14-15H2,1-2H3. The van der Waals surface area contributed by atoms with Gasteiger partial charge in [0.25, 0.3) is 5.56 Å². The minimum atomic E-state index is -4.49. The number of anilines is 1. The molecule has 1 saturated carbocycles. The van der Waals surface area contributed by atoms with E-state index < -0.39 is 17.3 Å². The van der Waals surface area contributed by atoms with Gasteiger partial charge >= 0.3 is 6.18 Å². The van der Waals surface area contributed by atoms with Crippen LogP contribution in [0.2, 0.25) is 0 Å². The largest absolute Gasteiger partial charge is 0.416 e. The lowest BCUT2D eigenvalue weighted by Gasteiger charge is -2.37. The minimum Gasteiger partial charge on any atom is -0.357 e. The maximum atomic E-state index is 13.4. The Morgan fingerprint density at radius 1 is 0.972 bits per heavy atom. The van der Waals surface area contributed by atoms with E-state index in [9.17, 15) is 18.0 Å². The van der Waals surface area contributed by atoms with Crippen LogP contribution < -0.4 is 10.9 Å². The molecule has 1 N–H and O–H groups in total. The average Bonchev–Trinajstić information content (AvgIpc) is 3.45. The van der Waals surface area contributed by atoms with Gasteiger partial charge in [-0.15, -0.1) is 5.10 Å². The molecule has 11 heteroatoms. The predicted octanol–water partition coefficient (Wildman–Crippen LogP) is 4.75. The molecule has 0 amide bonds. The van der Waals surface area contributed by atoms with Gasteiger partial charge in [-0.05, 0) is 60.5 Å². The van der Waals surface area contributed by atoms with Gasteiger partial charge in [0, 0.05) is 7.05 Å². The van der Waals surface area contributed by atoms with Crippen molar-refractivity contribution in [3.8, 4) is 11.4 Å². The van der Waals surface area contributed by atoms with Crippen LogP contribution in [0.3, 0.4) is 0 Å². The van der Waals surface area contributed by atoms with E-state index in [2.05, 4.69) is 20.8 Å². The molecule has 0 saturated heterocycles. The molecule has 1 aliphatic rings. The fourth-order valence-electron chi connectivity index (χ4n) is 5.03. The number of alkyl halides is 3. The fraction of sp³-hybridized carbons (Fsp3) is 0.360. The van der Waals surface area contributed by atoms with Crippen molar-refractivity contribution in [1.29, 1.82) is 0 Å². The van der Waals surface area contributed by atoms with Crippen LogP contribution in [0, 0.1) is 6.92 Å². The number of aromatic nitrogens is 6. The number of para-hydroxylation sites is 1. The second-order valence-electron chi connectivity index (χ2n) is 9.18. The molecule has 5 rings (SSSR count). The van der Waals surface area contributed by atoms with E-state index >= 15 is 0 Å². The molecule has 0 atom stereocenters. The summed E-state index contributed by atoms with van der Waals surface area (Å²) in [7, 11) is 1.80. The lowest BCUT2D eigenvalue weighted by molar-refractivity contribution is -0.137. The third-order valence-electron chi connectivity index (χ3n) is 6.87. The van der Waals surface area contributed by atoms with Gasteiger partial charge in [0.15, 0.2) is 5.82 Å². The van der Waals surface area contributed by atoms with E-state index in [-0.39, 0.29) is 11.2 Å². The second kappa shape index (κ2) is 8.96. The van der Waals surface area contributed by atoms with Crippen LogP contribution in [-0.4, -0.2) is 29.6 Å². The SMILES string of the molecule is Cc1c(NC2(c3nnnn3-c3cccc(C(F)(F)F)c3)CCCCC2)n(C)n(-c2ccccc2)c1=O. The van der Waals surface area contributed by atoms with Crippen LogP contribution in [0.25, 0.3) is 11.4 Å². The zero-order valence-electron chi connectivity index (χ0n) is 20.0. The number of rotatable bonds is 5. The zero-order chi connectivity index (χ0) is 25.5. The maximum Gasteiger partial charge on any atom is 0.416 e. The summed E-state index contributed by atoms with van der Waals surface area (Å²) in [6, 6.07) is 14.3. The Bertz CT molecular complexity index is 1430. The van der Waals surface area contributed by atoms with Crippen LogP contribution in [-0.2, 0) is 18.8 Å². The van der Waals surface area contributed by atoms with Crippen molar-refractivity contribution < 1.29 is 13.2 Å². The van der Waals surface area contributed by atoms with Crippen molar-refractivity contribution in [3.63, 3.8) is 0 Å². The van der Waals surface area contributed by atoms with Gasteiger partial charge in [-0.25, -0.2) is 4.68 Å². The summed E-state index contributed by atoms with van der Waals surface area (Å²) in [6.45, 7) is 1.76. The topological polar surface area (TPSA) is 82.6 Å². The van der Waals surface area contributed by atoms with E-state index in [0.29, 0.717) is 30.0 Å². The van der Waals surface area contributed by atoms with Crippen molar-refractivity contribution in [2.45, 2.75) is 50.7 Å². The van der Waals surface area contributed by atoms with Crippen molar-refractivity contribution in [3.05, 3.63) is 81.9 Å². The van der Waals surface area contributed by atoms with E-state index in [1.165, 1.54) is 10.7 Å². The number of hydrogen-bond donors (Lipinski definition) is 1. The van der Waals surface area contributed by atoms with Gasteiger partial charge in [-0.2, -0.15) is 17.9 Å². The first-order valence-corrected chi connectivity index (χ1v) is 11.8. The highest BCUT2D eigenvalue weighted by atomic mass is 19.4. The summed E-state index contributed by atoms with van der Waals surface area (Å²) in [5.41, 5.74) is -0.214. The lowest BCUT2D eigenvalue weighted by atomic mass is 9.80. The fourth-order valence-corrected chi connectivity index (χ4v) is 5.03. The van der Waals surface area contributed by atoms with Gasteiger partial charge in [0.1, 0.15) is 11.4 Å². The Labute approximate surface area is 205 Å². The molecular formula is C25H26F3N7O. The third-order valence-corrected chi connectivity index (χ3v) is 6.87. The summed E-state index contributed by atoms with van der Waals surface area (Å²) in [5, 5.41) is 15.8. The monoisotopic (exact) mass is 497 g/mol. The number of tetrazole rings is 1. The smallest absolute Gasteiger partial charge is 0.357 e. The van der Waals surface area contributed by atoms with Crippen molar-refractivity contribution in [2.75, 3.05) is 5.32 Å². The summed E-state index contributed by atoms with van der Waals surface area (Å²) < 4.78 is 44.9. The molecule has 8 nitrogen and oxygen atoms in total. The number of nitrogens with one attached hydrogen (secondary N) is 1. The Kier molecular flexibility index (Phi) is 5.93. The Hall–Kier alpha value is -3.89. The van der Waals surface area contributed by atoms with Crippen molar-refractivity contribution in [1.82, 2.24) is 29.6 Å². The van der Waals surface area contributed by atoms with Crippen LogP contribution in [0.1, 0.15) is 49.1 Å².